The van der Waals surface area contributed by atoms with E-state index in [1.165, 1.54) is 0 Å². The second-order valence-electron chi connectivity index (χ2n) is 6.17. The summed E-state index contributed by atoms with van der Waals surface area (Å²) in [6.07, 6.45) is 1.67. The van der Waals surface area contributed by atoms with Gasteiger partial charge in [-0.2, -0.15) is 5.10 Å². The lowest BCUT2D eigenvalue weighted by Gasteiger charge is -2.38. The number of nitrogens with one attached hydrogen (secondary N) is 1. The lowest BCUT2D eigenvalue weighted by Crippen LogP contribution is -2.53. The van der Waals surface area contributed by atoms with Crippen molar-refractivity contribution < 1.29 is 14.8 Å². The molecule has 0 bridgehead atoms. The molecule has 0 atom stereocenters. The third-order valence-electron chi connectivity index (χ3n) is 4.01. The van der Waals surface area contributed by atoms with Crippen LogP contribution in [-0.4, -0.2) is 38.6 Å². The van der Waals surface area contributed by atoms with Gasteiger partial charge in [-0.3, -0.25) is 5.10 Å². The molecule has 0 radical (unpaired) electrons. The van der Waals surface area contributed by atoms with Crippen LogP contribution in [0.1, 0.15) is 33.3 Å². The van der Waals surface area contributed by atoms with Crippen LogP contribution in [0.25, 0.3) is 10.9 Å². The maximum Gasteiger partial charge on any atom is 0.492 e. The SMILES string of the molecule is Cc1ccc2[nH]ncc2c1B(O)OC(C)(C)C(C)(C)O. The molecular weight excluding hydrogens is 255 g/mol. The van der Waals surface area contributed by atoms with E-state index in [4.69, 9.17) is 4.65 Å². The second kappa shape index (κ2) is 4.88. The zero-order chi connectivity index (χ0) is 15.1. The van der Waals surface area contributed by atoms with E-state index in [-0.39, 0.29) is 0 Å². The molecule has 0 fully saturated rings. The number of benzene rings is 1. The second-order valence-corrected chi connectivity index (χ2v) is 6.17. The van der Waals surface area contributed by atoms with Gasteiger partial charge in [0.05, 0.1) is 22.9 Å². The summed E-state index contributed by atoms with van der Waals surface area (Å²) in [4.78, 5) is 0. The van der Waals surface area contributed by atoms with Crippen molar-refractivity contribution in [2.45, 2.75) is 45.8 Å². The molecule has 2 aromatic rings. The monoisotopic (exact) mass is 276 g/mol. The fourth-order valence-electron chi connectivity index (χ4n) is 1.96. The van der Waals surface area contributed by atoms with Gasteiger partial charge >= 0.3 is 7.12 Å². The fraction of sp³-hybridized carbons (Fsp3) is 0.500. The van der Waals surface area contributed by atoms with E-state index in [0.29, 0.717) is 5.46 Å². The molecule has 0 aliphatic rings. The Hall–Kier alpha value is -1.37. The van der Waals surface area contributed by atoms with E-state index >= 15 is 0 Å². The molecule has 20 heavy (non-hydrogen) atoms. The van der Waals surface area contributed by atoms with Crippen molar-refractivity contribution in [1.29, 1.82) is 0 Å². The molecule has 0 spiro atoms. The van der Waals surface area contributed by atoms with E-state index in [0.717, 1.165) is 16.5 Å². The number of nitrogens with zero attached hydrogens (tertiary/aromatic N) is 1. The molecule has 0 amide bonds. The van der Waals surface area contributed by atoms with Gasteiger partial charge in [0.15, 0.2) is 0 Å². The highest BCUT2D eigenvalue weighted by Gasteiger charge is 2.40. The largest absolute Gasteiger partial charge is 0.492 e. The Balaban J connectivity index is 2.39. The topological polar surface area (TPSA) is 78.4 Å². The molecule has 5 nitrogen and oxygen atoms in total. The molecule has 108 valence electrons. The lowest BCUT2D eigenvalue weighted by molar-refractivity contribution is -0.0982. The van der Waals surface area contributed by atoms with Crippen molar-refractivity contribution in [3.05, 3.63) is 23.9 Å². The van der Waals surface area contributed by atoms with Crippen molar-refractivity contribution in [3.63, 3.8) is 0 Å². The molecule has 1 aromatic heterocycles. The van der Waals surface area contributed by atoms with Crippen LogP contribution in [0.3, 0.4) is 0 Å². The fourth-order valence-corrected chi connectivity index (χ4v) is 1.96. The molecule has 6 heteroatoms. The summed E-state index contributed by atoms with van der Waals surface area (Å²) in [7, 11) is -1.13. The molecule has 0 unspecified atom stereocenters. The van der Waals surface area contributed by atoms with Gasteiger partial charge in [-0.15, -0.1) is 0 Å². The molecule has 2 rings (SSSR count). The zero-order valence-corrected chi connectivity index (χ0v) is 12.6. The van der Waals surface area contributed by atoms with Gasteiger partial charge in [-0.25, -0.2) is 0 Å². The molecule has 1 heterocycles. The first-order valence-electron chi connectivity index (χ1n) is 6.64. The number of aromatic nitrogens is 2. The predicted molar refractivity (Wildman–Crippen MR) is 79.9 cm³/mol. The van der Waals surface area contributed by atoms with Crippen molar-refractivity contribution in [2.24, 2.45) is 0 Å². The summed E-state index contributed by atoms with van der Waals surface area (Å²) in [5.74, 6) is 0. The minimum atomic E-state index is -1.13. The number of aryl methyl sites for hydroxylation is 1. The van der Waals surface area contributed by atoms with Crippen LogP contribution in [0.2, 0.25) is 0 Å². The van der Waals surface area contributed by atoms with Crippen molar-refractivity contribution in [3.8, 4) is 0 Å². The van der Waals surface area contributed by atoms with Crippen molar-refractivity contribution in [1.82, 2.24) is 10.2 Å². The summed E-state index contributed by atoms with van der Waals surface area (Å²) >= 11 is 0. The van der Waals surface area contributed by atoms with E-state index in [2.05, 4.69) is 10.2 Å². The van der Waals surface area contributed by atoms with Gasteiger partial charge in [-0.05, 0) is 46.1 Å². The third-order valence-corrected chi connectivity index (χ3v) is 4.01. The highest BCUT2D eigenvalue weighted by molar-refractivity contribution is 6.63. The molecule has 3 N–H and O–H groups in total. The van der Waals surface area contributed by atoms with E-state index in [1.54, 1.807) is 33.9 Å². The van der Waals surface area contributed by atoms with Crippen LogP contribution < -0.4 is 5.46 Å². The standard InChI is InChI=1S/C14H21BN2O3/c1-9-6-7-11-10(8-16-17-11)12(9)15(19)20-14(4,5)13(2,3)18/h6-8,18-19H,1-5H3,(H,16,17). The molecule has 0 saturated carbocycles. The van der Waals surface area contributed by atoms with Crippen LogP contribution in [0.5, 0.6) is 0 Å². The van der Waals surface area contributed by atoms with Crippen molar-refractivity contribution >= 4 is 23.5 Å². The summed E-state index contributed by atoms with van der Waals surface area (Å²) < 4.78 is 5.71. The van der Waals surface area contributed by atoms with Crippen LogP contribution in [0, 0.1) is 6.92 Å². The number of fused-ring (bicyclic) bond motifs is 1. The Morgan fingerprint density at radius 1 is 1.25 bits per heavy atom. The first kappa shape index (κ1) is 15.0. The summed E-state index contributed by atoms with van der Waals surface area (Å²) in [5, 5.41) is 28.3. The van der Waals surface area contributed by atoms with Crippen LogP contribution in [-0.2, 0) is 4.65 Å². The van der Waals surface area contributed by atoms with Crippen LogP contribution in [0.15, 0.2) is 18.3 Å². The smallest absolute Gasteiger partial charge is 0.423 e. The first-order valence-corrected chi connectivity index (χ1v) is 6.64. The Kier molecular flexibility index (Phi) is 3.66. The van der Waals surface area contributed by atoms with Crippen molar-refractivity contribution in [2.75, 3.05) is 0 Å². The van der Waals surface area contributed by atoms with Gasteiger partial charge in [0, 0.05) is 5.39 Å². The normalized spacial score (nSPS) is 12.9. The van der Waals surface area contributed by atoms with Gasteiger partial charge in [0.1, 0.15) is 0 Å². The predicted octanol–water partition coefficient (Wildman–Crippen LogP) is 1.12. The van der Waals surface area contributed by atoms with E-state index in [9.17, 15) is 10.1 Å². The highest BCUT2D eigenvalue weighted by atomic mass is 16.5. The van der Waals surface area contributed by atoms with Crippen LogP contribution >= 0.6 is 0 Å². The van der Waals surface area contributed by atoms with Gasteiger partial charge < -0.3 is 14.8 Å². The molecular formula is C14H21BN2O3. The average molecular weight is 276 g/mol. The Morgan fingerprint density at radius 3 is 2.50 bits per heavy atom. The Morgan fingerprint density at radius 2 is 1.90 bits per heavy atom. The number of aliphatic hydroxyl groups is 1. The van der Waals surface area contributed by atoms with Gasteiger partial charge in [-0.1, -0.05) is 11.6 Å². The quantitative estimate of drug-likeness (QED) is 0.731. The zero-order valence-electron chi connectivity index (χ0n) is 12.6. The number of hydrogen-bond donors (Lipinski definition) is 3. The maximum absolute atomic E-state index is 10.4. The maximum atomic E-state index is 10.4. The average Bonchev–Trinajstić information content (AvgIpc) is 2.74. The third kappa shape index (κ3) is 2.59. The summed E-state index contributed by atoms with van der Waals surface area (Å²) in [5.41, 5.74) is 0.456. The van der Waals surface area contributed by atoms with Gasteiger partial charge in [0.25, 0.3) is 0 Å². The van der Waals surface area contributed by atoms with Gasteiger partial charge in [0.2, 0.25) is 0 Å². The summed E-state index contributed by atoms with van der Waals surface area (Å²) in [6.45, 7) is 8.73. The summed E-state index contributed by atoms with van der Waals surface area (Å²) in [6, 6.07) is 3.81. The minimum Gasteiger partial charge on any atom is -0.423 e. The Bertz CT molecular complexity index is 616. The molecule has 1 aromatic carbocycles. The number of rotatable bonds is 4. The van der Waals surface area contributed by atoms with E-state index in [1.807, 2.05) is 19.1 Å². The number of aromatic amines is 1. The highest BCUT2D eigenvalue weighted by Crippen LogP contribution is 2.26. The number of H-pyrrole nitrogens is 1. The lowest BCUT2D eigenvalue weighted by atomic mass is 9.72. The first-order chi connectivity index (χ1) is 9.13. The Labute approximate surface area is 119 Å². The van der Waals surface area contributed by atoms with E-state index < -0.39 is 18.3 Å². The minimum absolute atomic E-state index is 0.675. The number of hydrogen-bond acceptors (Lipinski definition) is 4. The van der Waals surface area contributed by atoms with Crippen LogP contribution in [0.4, 0.5) is 0 Å². The molecule has 0 aliphatic heterocycles. The molecule has 0 aliphatic carbocycles. The molecule has 0 saturated heterocycles.